The molecule has 0 aliphatic rings. The Labute approximate surface area is 105 Å². The zero-order valence-corrected chi connectivity index (χ0v) is 10.2. The first-order valence-corrected chi connectivity index (χ1v) is 2.03. The van der Waals surface area contributed by atoms with Crippen molar-refractivity contribution in [1.82, 2.24) is 0 Å². The van der Waals surface area contributed by atoms with E-state index in [-0.39, 0.29) is 70.3 Å². The molecule has 0 amide bonds. The molecule has 0 aliphatic heterocycles. The van der Waals surface area contributed by atoms with Gasteiger partial charge in [-0.1, -0.05) is 0 Å². The van der Waals surface area contributed by atoms with Gasteiger partial charge in [-0.2, -0.15) is 30.3 Å². The van der Waals surface area contributed by atoms with Crippen molar-refractivity contribution in [2.45, 2.75) is 0 Å². The fourth-order valence-corrected chi connectivity index (χ4v) is 0.372. The van der Waals surface area contributed by atoms with Gasteiger partial charge in [0.2, 0.25) is 0 Å². The second-order valence-corrected chi connectivity index (χ2v) is 1.24. The van der Waals surface area contributed by atoms with E-state index in [1.165, 1.54) is 12.1 Å². The van der Waals surface area contributed by atoms with Gasteiger partial charge < -0.3 is 10.6 Å². The second kappa shape index (κ2) is 9.98. The molecule has 0 aliphatic carbocycles. The molecule has 44 valence electrons. The summed E-state index contributed by atoms with van der Waals surface area (Å²) in [7, 11) is 0. The zero-order chi connectivity index (χ0) is 5.11. The molecule has 10 heavy (non-hydrogen) atoms. The van der Waals surface area contributed by atoms with E-state index in [2.05, 4.69) is 6.07 Å². The van der Waals surface area contributed by atoms with Gasteiger partial charge in [0.25, 0.3) is 0 Å². The quantitative estimate of drug-likeness (QED) is 0.277. The Balaban J connectivity index is -0.000000163. The van der Waals surface area contributed by atoms with E-state index < -0.39 is 0 Å². The first-order chi connectivity index (χ1) is 3.39. The average Bonchev–Trinajstić information content (AvgIpc) is 1.69. The van der Waals surface area contributed by atoms with Gasteiger partial charge in [0.05, 0.1) is 0 Å². The third kappa shape index (κ3) is 7.09. The van der Waals surface area contributed by atoms with Crippen LogP contribution in [0.15, 0.2) is 24.3 Å². The summed E-state index contributed by atoms with van der Waals surface area (Å²) in [5.74, 6) is 0.0405. The van der Waals surface area contributed by atoms with E-state index in [1.54, 1.807) is 12.1 Å². The summed E-state index contributed by atoms with van der Waals surface area (Å²) in [6, 6.07) is 8.88. The van der Waals surface area contributed by atoms with Crippen molar-refractivity contribution in [3.05, 3.63) is 30.3 Å². The predicted molar refractivity (Wildman–Crippen MR) is 26.7 cm³/mol. The SMILES string of the molecule is [Na+].[Na+].[O-]c1cc[c-]cc1.[OH-]. The Morgan fingerprint density at radius 1 is 1.10 bits per heavy atom. The molecule has 1 aromatic carbocycles. The minimum absolute atomic E-state index is 0. The molecular weight excluding hydrogens is 150 g/mol. The Hall–Kier alpha value is 0.980. The monoisotopic (exact) mass is 155 g/mol. The maximum Gasteiger partial charge on any atom is 1.00 e. The van der Waals surface area contributed by atoms with Crippen molar-refractivity contribution in [3.63, 3.8) is 0 Å². The van der Waals surface area contributed by atoms with Gasteiger partial charge >= 0.3 is 59.1 Å². The normalized spacial score (nSPS) is 6.00. The number of hydrogen-bond acceptors (Lipinski definition) is 2. The average molecular weight is 155 g/mol. The topological polar surface area (TPSA) is 53.1 Å². The molecule has 0 saturated heterocycles. The fourth-order valence-electron chi connectivity index (χ4n) is 0.372. The molecule has 0 unspecified atom stereocenters. The molecule has 2 nitrogen and oxygen atoms in total. The van der Waals surface area contributed by atoms with Gasteiger partial charge in [0, 0.05) is 0 Å². The van der Waals surface area contributed by atoms with E-state index in [0.717, 1.165) is 0 Å². The van der Waals surface area contributed by atoms with Gasteiger partial charge in [-0.3, -0.25) is 0 Å². The molecule has 1 rings (SSSR count). The van der Waals surface area contributed by atoms with Crippen LogP contribution in [0.4, 0.5) is 0 Å². The maximum atomic E-state index is 10.2. The van der Waals surface area contributed by atoms with E-state index in [1.807, 2.05) is 0 Å². The van der Waals surface area contributed by atoms with Crippen LogP contribution in [0.25, 0.3) is 0 Å². The van der Waals surface area contributed by atoms with Crippen molar-refractivity contribution in [1.29, 1.82) is 0 Å². The van der Waals surface area contributed by atoms with Crippen LogP contribution >= 0.6 is 0 Å². The summed E-state index contributed by atoms with van der Waals surface area (Å²) in [6.45, 7) is 0. The largest absolute Gasteiger partial charge is 1.00 e. The van der Waals surface area contributed by atoms with Crippen LogP contribution in [0.1, 0.15) is 0 Å². The van der Waals surface area contributed by atoms with Crippen molar-refractivity contribution in [3.8, 4) is 5.75 Å². The third-order valence-electron chi connectivity index (χ3n) is 0.688. The van der Waals surface area contributed by atoms with Crippen LogP contribution in [-0.4, -0.2) is 5.48 Å². The summed E-state index contributed by atoms with van der Waals surface area (Å²) in [5.41, 5.74) is 0. The fraction of sp³-hybridized carbons (Fsp3) is 0. The molecule has 1 aromatic rings. The van der Waals surface area contributed by atoms with Crippen LogP contribution in [0, 0.1) is 6.07 Å². The van der Waals surface area contributed by atoms with E-state index in [4.69, 9.17) is 0 Å². The molecular formula is C6H5Na2O2-. The van der Waals surface area contributed by atoms with Crippen molar-refractivity contribution >= 4 is 0 Å². The minimum Gasteiger partial charge on any atom is -0.891 e. The van der Waals surface area contributed by atoms with E-state index in [9.17, 15) is 5.11 Å². The van der Waals surface area contributed by atoms with Crippen molar-refractivity contribution in [2.75, 3.05) is 0 Å². The first-order valence-electron chi connectivity index (χ1n) is 2.03. The standard InChI is InChI=1S/C6H5O.2Na.H2O/c7-6-4-2-1-3-5-6;;;/h2-5,7H;;;1H2/q-1;2*+1;/p-2. The molecule has 4 heteroatoms. The molecule has 0 saturated carbocycles. The minimum atomic E-state index is 0. The van der Waals surface area contributed by atoms with Crippen LogP contribution in [0.2, 0.25) is 0 Å². The summed E-state index contributed by atoms with van der Waals surface area (Å²) < 4.78 is 0. The van der Waals surface area contributed by atoms with Gasteiger partial charge in [0.1, 0.15) is 0 Å². The molecule has 1 N–H and O–H groups in total. The van der Waals surface area contributed by atoms with Crippen LogP contribution in [0.3, 0.4) is 0 Å². The summed E-state index contributed by atoms with van der Waals surface area (Å²) in [6.07, 6.45) is 0. The van der Waals surface area contributed by atoms with Crippen molar-refractivity contribution < 1.29 is 69.7 Å². The summed E-state index contributed by atoms with van der Waals surface area (Å²) in [4.78, 5) is 0. The number of rotatable bonds is 0. The van der Waals surface area contributed by atoms with Gasteiger partial charge in [-0.15, -0.1) is 0 Å². The summed E-state index contributed by atoms with van der Waals surface area (Å²) in [5, 5.41) is 10.2. The molecule has 0 aromatic heterocycles. The summed E-state index contributed by atoms with van der Waals surface area (Å²) >= 11 is 0. The van der Waals surface area contributed by atoms with Crippen LogP contribution < -0.4 is 64.2 Å². The third-order valence-corrected chi connectivity index (χ3v) is 0.688. The Bertz CT molecular complexity index is 144. The molecule has 0 bridgehead atoms. The first kappa shape index (κ1) is 17.2. The predicted octanol–water partition coefficient (Wildman–Crippen LogP) is -5.61. The molecule has 0 atom stereocenters. The molecule has 0 spiro atoms. The van der Waals surface area contributed by atoms with Gasteiger partial charge in [0.15, 0.2) is 0 Å². The van der Waals surface area contributed by atoms with E-state index >= 15 is 0 Å². The second-order valence-electron chi connectivity index (χ2n) is 1.24. The Morgan fingerprint density at radius 3 is 1.70 bits per heavy atom. The van der Waals surface area contributed by atoms with Crippen LogP contribution in [-0.2, 0) is 0 Å². The number of hydrogen-bond donors (Lipinski definition) is 0. The van der Waals surface area contributed by atoms with Gasteiger partial charge in [-0.05, 0) is 0 Å². The molecule has 0 heterocycles. The molecule has 0 fully saturated rings. The Kier molecular flexibility index (Phi) is 17.1. The van der Waals surface area contributed by atoms with Crippen molar-refractivity contribution in [2.24, 2.45) is 0 Å². The smallest absolute Gasteiger partial charge is 0.891 e. The molecule has 0 radical (unpaired) electrons. The van der Waals surface area contributed by atoms with E-state index in [0.29, 0.717) is 0 Å². The van der Waals surface area contributed by atoms with Crippen LogP contribution in [0.5, 0.6) is 5.75 Å². The Morgan fingerprint density at radius 2 is 1.50 bits per heavy atom. The number of benzene rings is 1. The van der Waals surface area contributed by atoms with Gasteiger partial charge in [-0.25, -0.2) is 5.75 Å². The maximum absolute atomic E-state index is 10.2. The zero-order valence-electron chi connectivity index (χ0n) is 6.16.